The molecule has 0 aliphatic heterocycles. The summed E-state index contributed by atoms with van der Waals surface area (Å²) in [5.74, 6) is -0.348. The number of anilines is 2. The molecule has 5 nitrogen and oxygen atoms in total. The fraction of sp³-hybridized carbons (Fsp3) is 0.261. The Morgan fingerprint density at radius 3 is 2.38 bits per heavy atom. The molecule has 0 radical (unpaired) electrons. The van der Waals surface area contributed by atoms with E-state index in [1.165, 1.54) is 11.6 Å². The van der Waals surface area contributed by atoms with Crippen LogP contribution in [0.1, 0.15) is 48.1 Å². The van der Waals surface area contributed by atoms with Crippen LogP contribution in [-0.2, 0) is 12.0 Å². The normalized spacial score (nSPS) is 11.2. The maximum Gasteiger partial charge on any atom is 0.274 e. The zero-order valence-corrected chi connectivity index (χ0v) is 17.1. The summed E-state index contributed by atoms with van der Waals surface area (Å²) in [5, 5.41) is 5.84. The van der Waals surface area contributed by atoms with Crippen molar-refractivity contribution in [3.8, 4) is 0 Å². The summed E-state index contributed by atoms with van der Waals surface area (Å²) in [6.07, 6.45) is 0. The lowest BCUT2D eigenvalue weighted by Gasteiger charge is -2.19. The van der Waals surface area contributed by atoms with Crippen molar-refractivity contribution in [2.24, 2.45) is 0 Å². The number of benzene rings is 2. The lowest BCUT2D eigenvalue weighted by Crippen LogP contribution is -2.17. The maximum atomic E-state index is 13.8. The smallest absolute Gasteiger partial charge is 0.274 e. The minimum atomic E-state index is -0.326. The van der Waals surface area contributed by atoms with Gasteiger partial charge >= 0.3 is 0 Å². The van der Waals surface area contributed by atoms with Gasteiger partial charge in [-0.25, -0.2) is 14.4 Å². The molecule has 0 fully saturated rings. The van der Waals surface area contributed by atoms with E-state index in [4.69, 9.17) is 0 Å². The van der Waals surface area contributed by atoms with Crippen LogP contribution in [-0.4, -0.2) is 15.9 Å². The first-order valence-corrected chi connectivity index (χ1v) is 9.47. The van der Waals surface area contributed by atoms with E-state index in [2.05, 4.69) is 41.4 Å². The molecule has 0 saturated carbocycles. The van der Waals surface area contributed by atoms with Gasteiger partial charge in [0.2, 0.25) is 5.95 Å². The van der Waals surface area contributed by atoms with Crippen molar-refractivity contribution >= 4 is 17.5 Å². The monoisotopic (exact) mass is 392 g/mol. The molecule has 0 spiro atoms. The molecule has 0 unspecified atom stereocenters. The standard InChI is InChI=1S/C23H25FN4O/c1-15-13-20(21(29)27-18-11-9-17(10-12-18)23(2,3)4)28-22(26-15)25-14-16-7-5-6-8-19(16)24/h5-13H,14H2,1-4H3,(H,27,29)(H,25,26,28). The van der Waals surface area contributed by atoms with Crippen molar-refractivity contribution in [2.45, 2.75) is 39.7 Å². The number of amides is 1. The molecule has 0 saturated heterocycles. The van der Waals surface area contributed by atoms with E-state index in [9.17, 15) is 9.18 Å². The van der Waals surface area contributed by atoms with Gasteiger partial charge in [0.15, 0.2) is 0 Å². The van der Waals surface area contributed by atoms with Crippen LogP contribution in [0.5, 0.6) is 0 Å². The number of aryl methyl sites for hydroxylation is 1. The number of halogens is 1. The van der Waals surface area contributed by atoms with Crippen LogP contribution in [0.4, 0.5) is 16.0 Å². The van der Waals surface area contributed by atoms with Gasteiger partial charge in [-0.3, -0.25) is 4.79 Å². The highest BCUT2D eigenvalue weighted by molar-refractivity contribution is 6.03. The second kappa shape index (κ2) is 8.39. The fourth-order valence-corrected chi connectivity index (χ4v) is 2.83. The molecule has 0 atom stereocenters. The number of hydrogen-bond acceptors (Lipinski definition) is 4. The molecule has 1 aromatic heterocycles. The van der Waals surface area contributed by atoms with Crippen molar-refractivity contribution in [2.75, 3.05) is 10.6 Å². The van der Waals surface area contributed by atoms with Gasteiger partial charge in [-0.1, -0.05) is 51.1 Å². The summed E-state index contributed by atoms with van der Waals surface area (Å²) >= 11 is 0. The molecule has 2 aromatic carbocycles. The van der Waals surface area contributed by atoms with Crippen LogP contribution in [0.2, 0.25) is 0 Å². The average Bonchev–Trinajstić information content (AvgIpc) is 2.66. The van der Waals surface area contributed by atoms with Gasteiger partial charge < -0.3 is 10.6 Å². The Labute approximate surface area is 170 Å². The number of rotatable bonds is 5. The van der Waals surface area contributed by atoms with Gasteiger partial charge in [0.1, 0.15) is 11.5 Å². The minimum absolute atomic E-state index is 0.0467. The van der Waals surface area contributed by atoms with Crippen LogP contribution in [0, 0.1) is 12.7 Å². The Morgan fingerprint density at radius 1 is 1.03 bits per heavy atom. The highest BCUT2D eigenvalue weighted by atomic mass is 19.1. The van der Waals surface area contributed by atoms with Crippen LogP contribution < -0.4 is 10.6 Å². The van der Waals surface area contributed by atoms with Crippen LogP contribution in [0.15, 0.2) is 54.6 Å². The molecular formula is C23H25FN4O. The van der Waals surface area contributed by atoms with Crippen molar-refractivity contribution < 1.29 is 9.18 Å². The average molecular weight is 392 g/mol. The number of nitrogens with zero attached hydrogens (tertiary/aromatic N) is 2. The molecule has 150 valence electrons. The molecule has 2 N–H and O–H groups in total. The summed E-state index contributed by atoms with van der Waals surface area (Å²) in [7, 11) is 0. The second-order valence-corrected chi connectivity index (χ2v) is 7.94. The SMILES string of the molecule is Cc1cc(C(=O)Nc2ccc(C(C)(C)C)cc2)nc(NCc2ccccc2F)n1. The zero-order valence-electron chi connectivity index (χ0n) is 17.1. The Kier molecular flexibility index (Phi) is 5.92. The maximum absolute atomic E-state index is 13.8. The Hall–Kier alpha value is -3.28. The first-order valence-electron chi connectivity index (χ1n) is 9.47. The molecule has 1 heterocycles. The first kappa shape index (κ1) is 20.5. The summed E-state index contributed by atoms with van der Waals surface area (Å²) in [6.45, 7) is 8.43. The summed E-state index contributed by atoms with van der Waals surface area (Å²) < 4.78 is 13.8. The topological polar surface area (TPSA) is 66.9 Å². The Bertz CT molecular complexity index is 1010. The third kappa shape index (κ3) is 5.38. The third-order valence-corrected chi connectivity index (χ3v) is 4.49. The number of carbonyl (C=O) groups is 1. The zero-order chi connectivity index (χ0) is 21.0. The molecule has 6 heteroatoms. The molecule has 0 bridgehead atoms. The van der Waals surface area contributed by atoms with Crippen molar-refractivity contribution in [3.63, 3.8) is 0 Å². The predicted molar refractivity (Wildman–Crippen MR) is 114 cm³/mol. The van der Waals surface area contributed by atoms with E-state index in [1.54, 1.807) is 31.2 Å². The molecule has 0 aliphatic carbocycles. The Morgan fingerprint density at radius 2 is 1.72 bits per heavy atom. The molecule has 1 amide bonds. The van der Waals surface area contributed by atoms with Crippen LogP contribution >= 0.6 is 0 Å². The van der Waals surface area contributed by atoms with Gasteiger partial charge in [-0.2, -0.15) is 0 Å². The summed E-state index contributed by atoms with van der Waals surface area (Å²) in [5.41, 5.74) is 3.32. The van der Waals surface area contributed by atoms with Crippen LogP contribution in [0.3, 0.4) is 0 Å². The quantitative estimate of drug-likeness (QED) is 0.635. The molecule has 3 rings (SSSR count). The second-order valence-electron chi connectivity index (χ2n) is 7.94. The Balaban J connectivity index is 1.71. The number of hydrogen-bond donors (Lipinski definition) is 2. The van der Waals surface area contributed by atoms with Gasteiger partial charge in [0.05, 0.1) is 0 Å². The van der Waals surface area contributed by atoms with Crippen LogP contribution in [0.25, 0.3) is 0 Å². The summed E-state index contributed by atoms with van der Waals surface area (Å²) in [4.78, 5) is 21.2. The first-order chi connectivity index (χ1) is 13.7. The van der Waals surface area contributed by atoms with E-state index >= 15 is 0 Å². The largest absolute Gasteiger partial charge is 0.350 e. The molecule has 3 aromatic rings. The third-order valence-electron chi connectivity index (χ3n) is 4.49. The lowest BCUT2D eigenvalue weighted by atomic mass is 9.87. The molecular weight excluding hydrogens is 367 g/mol. The van der Waals surface area contributed by atoms with Gasteiger partial charge in [0, 0.05) is 23.5 Å². The van der Waals surface area contributed by atoms with E-state index in [0.29, 0.717) is 16.9 Å². The van der Waals surface area contributed by atoms with Gasteiger partial charge in [0.25, 0.3) is 5.91 Å². The van der Waals surface area contributed by atoms with Crippen molar-refractivity contribution in [1.82, 2.24) is 9.97 Å². The minimum Gasteiger partial charge on any atom is -0.350 e. The number of nitrogens with one attached hydrogen (secondary N) is 2. The number of aromatic nitrogens is 2. The molecule has 29 heavy (non-hydrogen) atoms. The van der Waals surface area contributed by atoms with E-state index in [0.717, 1.165) is 0 Å². The van der Waals surface area contributed by atoms with Gasteiger partial charge in [-0.15, -0.1) is 0 Å². The van der Waals surface area contributed by atoms with Crippen molar-refractivity contribution in [1.29, 1.82) is 0 Å². The van der Waals surface area contributed by atoms with E-state index in [1.807, 2.05) is 24.3 Å². The van der Waals surface area contributed by atoms with Gasteiger partial charge in [-0.05, 0) is 42.2 Å². The van der Waals surface area contributed by atoms with Crippen molar-refractivity contribution in [3.05, 3.63) is 82.9 Å². The lowest BCUT2D eigenvalue weighted by molar-refractivity contribution is 0.102. The molecule has 0 aliphatic rings. The predicted octanol–water partition coefficient (Wildman–Crippen LogP) is 5.09. The highest BCUT2D eigenvalue weighted by Gasteiger charge is 2.15. The van der Waals surface area contributed by atoms with E-state index in [-0.39, 0.29) is 35.3 Å². The van der Waals surface area contributed by atoms with E-state index < -0.39 is 0 Å². The fourth-order valence-electron chi connectivity index (χ4n) is 2.83. The summed E-state index contributed by atoms with van der Waals surface area (Å²) in [6, 6.07) is 15.9. The number of carbonyl (C=O) groups excluding carboxylic acids is 1. The highest BCUT2D eigenvalue weighted by Crippen LogP contribution is 2.23.